The van der Waals surface area contributed by atoms with Gasteiger partial charge in [0.15, 0.2) is 11.5 Å². The molecule has 1 aromatic carbocycles. The van der Waals surface area contributed by atoms with Gasteiger partial charge in [0.2, 0.25) is 0 Å². The van der Waals surface area contributed by atoms with Gasteiger partial charge in [-0.2, -0.15) is 5.10 Å². The molecule has 1 fully saturated rings. The Hall–Kier alpha value is -3.26. The number of pyridine rings is 1. The van der Waals surface area contributed by atoms with Crippen LogP contribution < -0.4 is 19.9 Å². The molecule has 3 N–H and O–H groups in total. The lowest BCUT2D eigenvalue weighted by molar-refractivity contribution is 0.296. The van der Waals surface area contributed by atoms with Crippen LogP contribution in [-0.4, -0.2) is 53.5 Å². The van der Waals surface area contributed by atoms with E-state index < -0.39 is 0 Å². The summed E-state index contributed by atoms with van der Waals surface area (Å²) in [5.41, 5.74) is 10.3. The Balaban J connectivity index is 1.33. The topological polar surface area (TPSA) is 98.5 Å². The number of aromatic nitrogens is 3. The number of hydrogen-bond donors (Lipinski definition) is 2. The Labute approximate surface area is 181 Å². The van der Waals surface area contributed by atoms with Crippen LogP contribution in [0.4, 0.5) is 5.82 Å². The molecule has 1 atom stereocenters. The average Bonchev–Trinajstić information content (AvgIpc) is 3.38. The highest BCUT2D eigenvalue weighted by atomic mass is 16.5. The second-order valence-corrected chi connectivity index (χ2v) is 8.05. The van der Waals surface area contributed by atoms with E-state index in [-0.39, 0.29) is 0 Å². The van der Waals surface area contributed by atoms with Crippen molar-refractivity contribution in [1.29, 1.82) is 0 Å². The number of methoxy groups -OCH3 is 1. The highest BCUT2D eigenvalue weighted by Crippen LogP contribution is 2.39. The average molecular weight is 422 g/mol. The van der Waals surface area contributed by atoms with E-state index >= 15 is 0 Å². The number of nitrogens with two attached hydrogens (primary N) is 1. The number of benzene rings is 1. The SMILES string of the molecule is COc1cc2c(cc1CN1CCC(c3[nH]ncc3-c3ccnc(N)c3)C1)OCCCO2. The van der Waals surface area contributed by atoms with Crippen molar-refractivity contribution in [3.8, 4) is 28.4 Å². The van der Waals surface area contributed by atoms with E-state index in [0.717, 1.165) is 72.1 Å². The van der Waals surface area contributed by atoms with E-state index in [1.165, 1.54) is 0 Å². The number of likely N-dealkylation sites (tertiary alicyclic amines) is 1. The molecular weight excluding hydrogens is 394 g/mol. The molecule has 8 heteroatoms. The summed E-state index contributed by atoms with van der Waals surface area (Å²) in [6, 6.07) is 7.88. The van der Waals surface area contributed by atoms with Gasteiger partial charge >= 0.3 is 0 Å². The van der Waals surface area contributed by atoms with E-state index in [0.29, 0.717) is 24.9 Å². The van der Waals surface area contributed by atoms with Crippen LogP contribution in [0.3, 0.4) is 0 Å². The summed E-state index contributed by atoms with van der Waals surface area (Å²) in [4.78, 5) is 6.54. The number of H-pyrrole nitrogens is 1. The Morgan fingerprint density at radius 3 is 2.87 bits per heavy atom. The molecule has 162 valence electrons. The Bertz CT molecular complexity index is 1070. The Morgan fingerprint density at radius 2 is 2.06 bits per heavy atom. The third kappa shape index (κ3) is 4.03. The van der Waals surface area contributed by atoms with Crippen molar-refractivity contribution in [3.63, 3.8) is 0 Å². The summed E-state index contributed by atoms with van der Waals surface area (Å²) < 4.78 is 17.3. The molecule has 1 unspecified atom stereocenters. The van der Waals surface area contributed by atoms with Gasteiger partial charge in [-0.25, -0.2) is 4.98 Å². The Morgan fingerprint density at radius 1 is 1.23 bits per heavy atom. The van der Waals surface area contributed by atoms with Gasteiger partial charge in [0.1, 0.15) is 11.6 Å². The van der Waals surface area contributed by atoms with Crippen molar-refractivity contribution in [2.24, 2.45) is 0 Å². The van der Waals surface area contributed by atoms with Crippen molar-refractivity contribution in [3.05, 3.63) is 47.9 Å². The predicted octanol–water partition coefficient (Wildman–Crippen LogP) is 3.21. The summed E-state index contributed by atoms with van der Waals surface area (Å²) in [6.07, 6.45) is 5.55. The molecular formula is C23H27N5O3. The molecule has 31 heavy (non-hydrogen) atoms. The summed E-state index contributed by atoms with van der Waals surface area (Å²) >= 11 is 0. The number of nitrogens with zero attached hydrogens (tertiary/aromatic N) is 3. The number of rotatable bonds is 5. The molecule has 1 saturated heterocycles. The van der Waals surface area contributed by atoms with E-state index in [9.17, 15) is 0 Å². The lowest BCUT2D eigenvalue weighted by Crippen LogP contribution is -2.20. The summed E-state index contributed by atoms with van der Waals surface area (Å²) in [7, 11) is 1.70. The maximum Gasteiger partial charge on any atom is 0.164 e. The number of nitrogen functional groups attached to an aromatic ring is 1. The van der Waals surface area contributed by atoms with E-state index in [4.69, 9.17) is 19.9 Å². The number of nitrogens with one attached hydrogen (secondary N) is 1. The van der Waals surface area contributed by atoms with Crippen LogP contribution in [0, 0.1) is 0 Å². The van der Waals surface area contributed by atoms with E-state index in [1.54, 1.807) is 13.3 Å². The van der Waals surface area contributed by atoms with Gasteiger partial charge in [-0.15, -0.1) is 0 Å². The van der Waals surface area contributed by atoms with Crippen LogP contribution >= 0.6 is 0 Å². The predicted molar refractivity (Wildman–Crippen MR) is 117 cm³/mol. The minimum absolute atomic E-state index is 0.373. The zero-order valence-electron chi connectivity index (χ0n) is 17.6. The first-order valence-electron chi connectivity index (χ1n) is 10.7. The normalized spacial score (nSPS) is 18.7. The van der Waals surface area contributed by atoms with Crippen molar-refractivity contribution < 1.29 is 14.2 Å². The fraction of sp³-hybridized carbons (Fsp3) is 0.391. The molecule has 4 heterocycles. The molecule has 0 spiro atoms. The molecule has 5 rings (SSSR count). The molecule has 2 aliphatic heterocycles. The Kier molecular flexibility index (Phi) is 5.38. The zero-order chi connectivity index (χ0) is 21.2. The first-order valence-corrected chi connectivity index (χ1v) is 10.7. The van der Waals surface area contributed by atoms with E-state index in [2.05, 4.69) is 26.1 Å². The molecule has 2 aromatic heterocycles. The number of aromatic amines is 1. The molecule has 2 aliphatic rings. The maximum absolute atomic E-state index is 5.88. The zero-order valence-corrected chi connectivity index (χ0v) is 17.6. The molecule has 0 radical (unpaired) electrons. The molecule has 8 nitrogen and oxygen atoms in total. The van der Waals surface area contributed by atoms with Gasteiger partial charge in [-0.05, 0) is 36.7 Å². The maximum atomic E-state index is 5.88. The minimum Gasteiger partial charge on any atom is -0.496 e. The molecule has 0 aliphatic carbocycles. The lowest BCUT2D eigenvalue weighted by Gasteiger charge is -2.20. The second-order valence-electron chi connectivity index (χ2n) is 8.05. The standard InChI is InChI=1S/C23H27N5O3/c1-29-19-11-21-20(30-7-2-8-31-21)9-17(19)14-28-6-4-16(13-28)23-18(12-26-27-23)15-3-5-25-22(24)10-15/h3,5,9-12,16H,2,4,6-8,13-14H2,1H3,(H2,24,25)(H,26,27). The van der Waals surface area contributed by atoms with Crippen LogP contribution in [-0.2, 0) is 6.54 Å². The minimum atomic E-state index is 0.373. The highest BCUT2D eigenvalue weighted by molar-refractivity contribution is 5.68. The smallest absolute Gasteiger partial charge is 0.164 e. The van der Waals surface area contributed by atoms with Crippen LogP contribution in [0.15, 0.2) is 36.7 Å². The van der Waals surface area contributed by atoms with Gasteiger partial charge in [-0.1, -0.05) is 0 Å². The van der Waals surface area contributed by atoms with Crippen LogP contribution in [0.5, 0.6) is 17.2 Å². The largest absolute Gasteiger partial charge is 0.496 e. The molecule has 3 aromatic rings. The highest BCUT2D eigenvalue weighted by Gasteiger charge is 2.28. The summed E-state index contributed by atoms with van der Waals surface area (Å²) in [6.45, 7) is 4.07. The van der Waals surface area contributed by atoms with Gasteiger partial charge in [-0.3, -0.25) is 10.00 Å². The van der Waals surface area contributed by atoms with Crippen LogP contribution in [0.25, 0.3) is 11.1 Å². The number of ether oxygens (including phenoxy) is 3. The quantitative estimate of drug-likeness (QED) is 0.653. The van der Waals surface area contributed by atoms with Crippen molar-refractivity contribution in [1.82, 2.24) is 20.1 Å². The first kappa shape index (κ1) is 19.7. The third-order valence-electron chi connectivity index (χ3n) is 5.99. The van der Waals surface area contributed by atoms with Crippen LogP contribution in [0.1, 0.15) is 30.0 Å². The lowest BCUT2D eigenvalue weighted by atomic mass is 9.97. The van der Waals surface area contributed by atoms with Crippen molar-refractivity contribution in [2.75, 3.05) is 39.1 Å². The number of fused-ring (bicyclic) bond motifs is 1. The van der Waals surface area contributed by atoms with Gasteiger partial charge in [0, 0.05) is 54.5 Å². The van der Waals surface area contributed by atoms with Crippen molar-refractivity contribution in [2.45, 2.75) is 25.3 Å². The fourth-order valence-electron chi connectivity index (χ4n) is 4.45. The van der Waals surface area contributed by atoms with Crippen LogP contribution in [0.2, 0.25) is 0 Å². The van der Waals surface area contributed by atoms with Gasteiger partial charge in [0.25, 0.3) is 0 Å². The summed E-state index contributed by atoms with van der Waals surface area (Å²) in [5.74, 6) is 3.28. The number of anilines is 1. The van der Waals surface area contributed by atoms with Crippen molar-refractivity contribution >= 4 is 5.82 Å². The molecule has 0 bridgehead atoms. The first-order chi connectivity index (χ1) is 15.2. The van der Waals surface area contributed by atoms with Gasteiger partial charge in [0.05, 0.1) is 26.5 Å². The number of hydrogen-bond acceptors (Lipinski definition) is 7. The molecule has 0 saturated carbocycles. The fourth-order valence-corrected chi connectivity index (χ4v) is 4.45. The third-order valence-corrected chi connectivity index (χ3v) is 5.99. The second kappa shape index (κ2) is 8.47. The van der Waals surface area contributed by atoms with Gasteiger partial charge < -0.3 is 19.9 Å². The van der Waals surface area contributed by atoms with E-state index in [1.807, 2.05) is 24.4 Å². The molecule has 0 amide bonds. The summed E-state index contributed by atoms with van der Waals surface area (Å²) in [5, 5.41) is 7.53. The monoisotopic (exact) mass is 421 g/mol.